The molecule has 0 unspecified atom stereocenters. The lowest BCUT2D eigenvalue weighted by molar-refractivity contribution is 0.102. The number of aromatic nitrogens is 2. The van der Waals surface area contributed by atoms with Gasteiger partial charge in [0, 0.05) is 24.4 Å². The molecule has 94 valence electrons. The molecule has 0 aliphatic heterocycles. The Morgan fingerprint density at radius 1 is 1.33 bits per heavy atom. The number of rotatable bonds is 2. The predicted molar refractivity (Wildman–Crippen MR) is 71.5 cm³/mol. The Balaban J connectivity index is 2.27. The highest BCUT2D eigenvalue weighted by Crippen LogP contribution is 2.15. The SMILES string of the molecule is Cc1cc(NC(=O)c2cc(N)ccc2C)n(C)n1. The molecule has 0 aliphatic carbocycles. The molecular weight excluding hydrogens is 228 g/mol. The molecule has 3 N–H and O–H groups in total. The Labute approximate surface area is 106 Å². The molecule has 1 aromatic heterocycles. The second-order valence-electron chi connectivity index (χ2n) is 4.32. The van der Waals surface area contributed by atoms with Crippen molar-refractivity contribution in [2.45, 2.75) is 13.8 Å². The summed E-state index contributed by atoms with van der Waals surface area (Å²) in [5, 5.41) is 7.00. The van der Waals surface area contributed by atoms with Crippen molar-refractivity contribution in [3.05, 3.63) is 41.1 Å². The molecule has 2 aromatic rings. The van der Waals surface area contributed by atoms with E-state index in [4.69, 9.17) is 5.73 Å². The molecule has 1 heterocycles. The molecule has 5 nitrogen and oxygen atoms in total. The number of amides is 1. The fourth-order valence-corrected chi connectivity index (χ4v) is 1.80. The zero-order chi connectivity index (χ0) is 13.3. The summed E-state index contributed by atoms with van der Waals surface area (Å²) in [7, 11) is 1.79. The van der Waals surface area contributed by atoms with E-state index >= 15 is 0 Å². The van der Waals surface area contributed by atoms with Crippen LogP contribution in [0, 0.1) is 13.8 Å². The van der Waals surface area contributed by atoms with Crippen LogP contribution in [0.5, 0.6) is 0 Å². The molecule has 0 fully saturated rings. The van der Waals surface area contributed by atoms with Crippen LogP contribution in [0.1, 0.15) is 21.6 Å². The number of nitrogens with one attached hydrogen (secondary N) is 1. The van der Waals surface area contributed by atoms with Gasteiger partial charge in [0.1, 0.15) is 5.82 Å². The van der Waals surface area contributed by atoms with E-state index in [1.807, 2.05) is 26.0 Å². The fraction of sp³-hybridized carbons (Fsp3) is 0.231. The quantitative estimate of drug-likeness (QED) is 0.792. The highest BCUT2D eigenvalue weighted by Gasteiger charge is 2.12. The van der Waals surface area contributed by atoms with Gasteiger partial charge in [0.25, 0.3) is 5.91 Å². The van der Waals surface area contributed by atoms with Gasteiger partial charge in [0.05, 0.1) is 5.69 Å². The number of benzene rings is 1. The number of nitrogens with zero attached hydrogens (tertiary/aromatic N) is 2. The molecular formula is C13H16N4O. The Bertz CT molecular complexity index is 601. The van der Waals surface area contributed by atoms with Crippen LogP contribution in [0.4, 0.5) is 11.5 Å². The summed E-state index contributed by atoms with van der Waals surface area (Å²) < 4.78 is 1.63. The summed E-state index contributed by atoms with van der Waals surface area (Å²) >= 11 is 0. The van der Waals surface area contributed by atoms with Gasteiger partial charge < -0.3 is 11.1 Å². The number of anilines is 2. The average Bonchev–Trinajstić information content (AvgIpc) is 2.61. The Morgan fingerprint density at radius 3 is 2.67 bits per heavy atom. The molecule has 0 atom stereocenters. The van der Waals surface area contributed by atoms with Crippen molar-refractivity contribution < 1.29 is 4.79 Å². The maximum absolute atomic E-state index is 12.1. The van der Waals surface area contributed by atoms with Crippen LogP contribution >= 0.6 is 0 Å². The van der Waals surface area contributed by atoms with Gasteiger partial charge in [-0.15, -0.1) is 0 Å². The highest BCUT2D eigenvalue weighted by atomic mass is 16.1. The van der Waals surface area contributed by atoms with E-state index in [9.17, 15) is 4.79 Å². The molecule has 0 saturated heterocycles. The third-order valence-electron chi connectivity index (χ3n) is 2.75. The van der Waals surface area contributed by atoms with Crippen molar-refractivity contribution in [2.24, 2.45) is 7.05 Å². The van der Waals surface area contributed by atoms with E-state index in [1.165, 1.54) is 0 Å². The number of carbonyl (C=O) groups is 1. The van der Waals surface area contributed by atoms with Crippen LogP contribution in [-0.4, -0.2) is 15.7 Å². The first-order valence-electron chi connectivity index (χ1n) is 5.65. The van der Waals surface area contributed by atoms with Crippen LogP contribution in [-0.2, 0) is 7.05 Å². The number of aryl methyl sites for hydroxylation is 3. The van der Waals surface area contributed by atoms with Crippen molar-refractivity contribution >= 4 is 17.4 Å². The van der Waals surface area contributed by atoms with Crippen molar-refractivity contribution in [1.29, 1.82) is 0 Å². The number of hydrogen-bond donors (Lipinski definition) is 2. The first-order valence-corrected chi connectivity index (χ1v) is 5.65. The average molecular weight is 244 g/mol. The van der Waals surface area contributed by atoms with E-state index in [1.54, 1.807) is 23.9 Å². The second-order valence-corrected chi connectivity index (χ2v) is 4.32. The molecule has 0 radical (unpaired) electrons. The van der Waals surface area contributed by atoms with Crippen LogP contribution in [0.3, 0.4) is 0 Å². The number of nitrogen functional groups attached to an aromatic ring is 1. The van der Waals surface area contributed by atoms with Crippen molar-refractivity contribution in [3.8, 4) is 0 Å². The van der Waals surface area contributed by atoms with Gasteiger partial charge in [0.2, 0.25) is 0 Å². The molecule has 5 heteroatoms. The standard InChI is InChI=1S/C13H16N4O/c1-8-4-5-10(14)7-11(8)13(18)15-12-6-9(2)16-17(12)3/h4-7H,14H2,1-3H3,(H,15,18). The van der Waals surface area contributed by atoms with Gasteiger partial charge in [-0.3, -0.25) is 9.48 Å². The van der Waals surface area contributed by atoms with Crippen LogP contribution in [0.25, 0.3) is 0 Å². The van der Waals surface area contributed by atoms with E-state index in [0.717, 1.165) is 11.3 Å². The second kappa shape index (κ2) is 4.52. The fourth-order valence-electron chi connectivity index (χ4n) is 1.80. The molecule has 1 aromatic carbocycles. The van der Waals surface area contributed by atoms with E-state index in [-0.39, 0.29) is 5.91 Å². The molecule has 0 saturated carbocycles. The summed E-state index contributed by atoms with van der Waals surface area (Å²) in [5.74, 6) is 0.488. The lowest BCUT2D eigenvalue weighted by Gasteiger charge is -2.08. The molecule has 1 amide bonds. The van der Waals surface area contributed by atoms with E-state index in [0.29, 0.717) is 17.1 Å². The van der Waals surface area contributed by atoms with Crippen molar-refractivity contribution in [2.75, 3.05) is 11.1 Å². The van der Waals surface area contributed by atoms with E-state index in [2.05, 4.69) is 10.4 Å². The smallest absolute Gasteiger partial charge is 0.257 e. The minimum atomic E-state index is -0.178. The maximum Gasteiger partial charge on any atom is 0.257 e. The van der Waals surface area contributed by atoms with Gasteiger partial charge in [-0.1, -0.05) is 6.07 Å². The monoisotopic (exact) mass is 244 g/mol. The Morgan fingerprint density at radius 2 is 2.06 bits per heavy atom. The molecule has 0 bridgehead atoms. The topological polar surface area (TPSA) is 72.9 Å². The Hall–Kier alpha value is -2.30. The molecule has 18 heavy (non-hydrogen) atoms. The summed E-state index contributed by atoms with van der Waals surface area (Å²) in [4.78, 5) is 12.1. The van der Waals surface area contributed by atoms with Gasteiger partial charge in [-0.25, -0.2) is 0 Å². The number of hydrogen-bond acceptors (Lipinski definition) is 3. The summed E-state index contributed by atoms with van der Waals surface area (Å²) in [6.07, 6.45) is 0. The van der Waals surface area contributed by atoms with Crippen LogP contribution < -0.4 is 11.1 Å². The normalized spacial score (nSPS) is 10.4. The summed E-state index contributed by atoms with van der Waals surface area (Å²) in [5.41, 5.74) is 8.60. The van der Waals surface area contributed by atoms with Gasteiger partial charge in [0.15, 0.2) is 0 Å². The lowest BCUT2D eigenvalue weighted by Crippen LogP contribution is -2.16. The maximum atomic E-state index is 12.1. The largest absolute Gasteiger partial charge is 0.399 e. The third-order valence-corrected chi connectivity index (χ3v) is 2.75. The third kappa shape index (κ3) is 2.34. The van der Waals surface area contributed by atoms with Gasteiger partial charge >= 0.3 is 0 Å². The number of nitrogens with two attached hydrogens (primary N) is 1. The van der Waals surface area contributed by atoms with Crippen molar-refractivity contribution in [1.82, 2.24) is 9.78 Å². The molecule has 0 spiro atoms. The summed E-state index contributed by atoms with van der Waals surface area (Å²) in [6, 6.07) is 7.10. The zero-order valence-corrected chi connectivity index (χ0v) is 10.7. The van der Waals surface area contributed by atoms with Gasteiger partial charge in [-0.05, 0) is 31.5 Å². The lowest BCUT2D eigenvalue weighted by atomic mass is 10.1. The van der Waals surface area contributed by atoms with Gasteiger partial charge in [-0.2, -0.15) is 5.10 Å². The molecule has 2 rings (SSSR count). The molecule has 0 aliphatic rings. The van der Waals surface area contributed by atoms with Crippen LogP contribution in [0.2, 0.25) is 0 Å². The van der Waals surface area contributed by atoms with Crippen molar-refractivity contribution in [3.63, 3.8) is 0 Å². The Kier molecular flexibility index (Phi) is 3.06. The minimum absolute atomic E-state index is 0.178. The first-order chi connectivity index (χ1) is 8.47. The minimum Gasteiger partial charge on any atom is -0.399 e. The highest BCUT2D eigenvalue weighted by molar-refractivity contribution is 6.05. The predicted octanol–water partition coefficient (Wildman–Crippen LogP) is 1.87. The first kappa shape index (κ1) is 12.2. The summed E-state index contributed by atoms with van der Waals surface area (Å²) in [6.45, 7) is 3.75. The number of carbonyl (C=O) groups excluding carboxylic acids is 1. The van der Waals surface area contributed by atoms with Crippen LogP contribution in [0.15, 0.2) is 24.3 Å². The van der Waals surface area contributed by atoms with E-state index < -0.39 is 0 Å². The zero-order valence-electron chi connectivity index (χ0n) is 10.7.